The van der Waals surface area contributed by atoms with Crippen LogP contribution < -0.4 is 15.5 Å². The molecular weight excluding hydrogens is 402 g/mol. The first-order valence-electron chi connectivity index (χ1n) is 9.15. The molecule has 0 bridgehead atoms. The molecule has 3 heterocycles. The third-order valence-electron chi connectivity index (χ3n) is 5.21. The van der Waals surface area contributed by atoms with Gasteiger partial charge in [-0.15, -0.1) is 24.8 Å². The van der Waals surface area contributed by atoms with Crippen LogP contribution in [-0.4, -0.2) is 30.5 Å². The number of benzene rings is 1. The SMILES string of the molecule is CC1CCN(c2cc(C(=O)Nc3ccc4c(c3F)CCNC4)ccn2)C1.Cl.Cl. The molecule has 0 spiro atoms. The molecule has 0 radical (unpaired) electrons. The summed E-state index contributed by atoms with van der Waals surface area (Å²) in [4.78, 5) is 19.2. The smallest absolute Gasteiger partial charge is 0.255 e. The number of pyridine rings is 1. The minimum atomic E-state index is -0.319. The van der Waals surface area contributed by atoms with E-state index in [2.05, 4.69) is 27.4 Å². The van der Waals surface area contributed by atoms with Gasteiger partial charge in [0.1, 0.15) is 11.6 Å². The summed E-state index contributed by atoms with van der Waals surface area (Å²) in [6.07, 6.45) is 3.41. The zero-order valence-corrected chi connectivity index (χ0v) is 17.3. The van der Waals surface area contributed by atoms with Crippen LogP contribution >= 0.6 is 24.8 Å². The standard InChI is InChI=1S/C20H23FN4O.2ClH/c1-13-6-9-25(12-13)18-10-14(4-8-23-18)20(26)24-17-3-2-15-11-22-7-5-16(15)19(17)21;;/h2-4,8,10,13,22H,5-7,9,11-12H2,1H3,(H,24,26);2*1H. The van der Waals surface area contributed by atoms with Crippen molar-refractivity contribution in [1.29, 1.82) is 0 Å². The molecule has 2 aliphatic rings. The van der Waals surface area contributed by atoms with E-state index in [1.54, 1.807) is 24.4 Å². The zero-order chi connectivity index (χ0) is 18.1. The fourth-order valence-electron chi connectivity index (χ4n) is 3.70. The lowest BCUT2D eigenvalue weighted by atomic mass is 9.99. The summed E-state index contributed by atoms with van der Waals surface area (Å²) in [6.45, 7) is 5.54. The monoisotopic (exact) mass is 426 g/mol. The van der Waals surface area contributed by atoms with Gasteiger partial charge in [-0.25, -0.2) is 9.37 Å². The van der Waals surface area contributed by atoms with Gasteiger partial charge in [0, 0.05) is 31.4 Å². The van der Waals surface area contributed by atoms with Gasteiger partial charge in [0.25, 0.3) is 5.91 Å². The van der Waals surface area contributed by atoms with Gasteiger partial charge in [-0.2, -0.15) is 0 Å². The lowest BCUT2D eigenvalue weighted by Crippen LogP contribution is -2.25. The van der Waals surface area contributed by atoms with Gasteiger partial charge in [-0.05, 0) is 54.6 Å². The number of carbonyl (C=O) groups excluding carboxylic acids is 1. The number of aromatic nitrogens is 1. The lowest BCUT2D eigenvalue weighted by Gasteiger charge is -2.20. The van der Waals surface area contributed by atoms with E-state index in [1.807, 2.05) is 6.07 Å². The van der Waals surface area contributed by atoms with Crippen molar-refractivity contribution in [3.05, 3.63) is 53.0 Å². The Kier molecular flexibility index (Phi) is 7.63. The molecular formula is C20H25Cl2FN4O. The number of nitrogens with one attached hydrogen (secondary N) is 2. The summed E-state index contributed by atoms with van der Waals surface area (Å²) in [7, 11) is 0. The average Bonchev–Trinajstić information content (AvgIpc) is 3.11. The Labute approximate surface area is 176 Å². The van der Waals surface area contributed by atoms with Gasteiger partial charge in [-0.1, -0.05) is 13.0 Å². The van der Waals surface area contributed by atoms with E-state index in [0.29, 0.717) is 30.0 Å². The van der Waals surface area contributed by atoms with E-state index in [1.165, 1.54) is 0 Å². The highest BCUT2D eigenvalue weighted by Crippen LogP contribution is 2.26. The number of hydrogen-bond donors (Lipinski definition) is 2. The minimum absolute atomic E-state index is 0. The Balaban J connectivity index is 0.00000140. The molecule has 1 amide bonds. The molecule has 2 aliphatic heterocycles. The zero-order valence-electron chi connectivity index (χ0n) is 15.7. The first kappa shape index (κ1) is 22.4. The van der Waals surface area contributed by atoms with Crippen molar-refractivity contribution in [1.82, 2.24) is 10.3 Å². The van der Waals surface area contributed by atoms with E-state index in [0.717, 1.165) is 37.4 Å². The van der Waals surface area contributed by atoms with E-state index < -0.39 is 0 Å². The van der Waals surface area contributed by atoms with E-state index in [9.17, 15) is 9.18 Å². The topological polar surface area (TPSA) is 57.3 Å². The van der Waals surface area contributed by atoms with Gasteiger partial charge >= 0.3 is 0 Å². The van der Waals surface area contributed by atoms with Crippen LogP contribution in [0.4, 0.5) is 15.9 Å². The normalized spacial score (nSPS) is 17.9. The van der Waals surface area contributed by atoms with Gasteiger partial charge in [0.15, 0.2) is 0 Å². The molecule has 1 saturated heterocycles. The Morgan fingerprint density at radius 1 is 1.32 bits per heavy atom. The number of hydrogen-bond acceptors (Lipinski definition) is 4. The summed E-state index contributed by atoms with van der Waals surface area (Å²) >= 11 is 0. The van der Waals surface area contributed by atoms with E-state index in [-0.39, 0.29) is 42.2 Å². The van der Waals surface area contributed by atoms with Crippen molar-refractivity contribution < 1.29 is 9.18 Å². The van der Waals surface area contributed by atoms with Crippen LogP contribution in [0, 0.1) is 11.7 Å². The van der Waals surface area contributed by atoms with Gasteiger partial charge in [-0.3, -0.25) is 4.79 Å². The predicted molar refractivity (Wildman–Crippen MR) is 114 cm³/mol. The molecule has 152 valence electrons. The second-order valence-electron chi connectivity index (χ2n) is 7.19. The molecule has 1 aromatic heterocycles. The van der Waals surface area contributed by atoms with Crippen LogP contribution in [0.1, 0.15) is 34.8 Å². The summed E-state index contributed by atoms with van der Waals surface area (Å²) in [6, 6.07) is 6.97. The molecule has 28 heavy (non-hydrogen) atoms. The largest absolute Gasteiger partial charge is 0.356 e. The van der Waals surface area contributed by atoms with Gasteiger partial charge in [0.2, 0.25) is 0 Å². The molecule has 8 heteroatoms. The number of anilines is 2. The highest BCUT2D eigenvalue weighted by Gasteiger charge is 2.21. The first-order valence-corrected chi connectivity index (χ1v) is 9.15. The summed E-state index contributed by atoms with van der Waals surface area (Å²) in [5.41, 5.74) is 2.39. The molecule has 1 fully saturated rings. The van der Waals surface area contributed by atoms with Gasteiger partial charge in [0.05, 0.1) is 5.69 Å². The first-order chi connectivity index (χ1) is 12.6. The van der Waals surface area contributed by atoms with Crippen molar-refractivity contribution in [2.24, 2.45) is 5.92 Å². The molecule has 2 aromatic rings. The second kappa shape index (κ2) is 9.54. The van der Waals surface area contributed by atoms with Crippen molar-refractivity contribution >= 4 is 42.2 Å². The van der Waals surface area contributed by atoms with Crippen molar-refractivity contribution in [3.8, 4) is 0 Å². The Bertz CT molecular complexity index is 849. The number of carbonyl (C=O) groups is 1. The quantitative estimate of drug-likeness (QED) is 0.783. The Morgan fingerprint density at radius 3 is 2.89 bits per heavy atom. The van der Waals surface area contributed by atoms with Crippen LogP contribution in [0.2, 0.25) is 0 Å². The third kappa shape index (κ3) is 4.57. The molecule has 1 unspecified atom stereocenters. The van der Waals surface area contributed by atoms with E-state index in [4.69, 9.17) is 0 Å². The number of halogens is 3. The second-order valence-corrected chi connectivity index (χ2v) is 7.19. The lowest BCUT2D eigenvalue weighted by molar-refractivity contribution is 0.102. The van der Waals surface area contributed by atoms with Crippen LogP contribution in [0.15, 0.2) is 30.5 Å². The Hall–Kier alpha value is -1.89. The maximum absolute atomic E-state index is 14.7. The van der Waals surface area contributed by atoms with Crippen LogP contribution in [0.5, 0.6) is 0 Å². The molecule has 1 atom stereocenters. The summed E-state index contributed by atoms with van der Waals surface area (Å²) < 4.78 is 14.7. The fourth-order valence-corrected chi connectivity index (χ4v) is 3.70. The summed E-state index contributed by atoms with van der Waals surface area (Å²) in [5.74, 6) is 0.807. The van der Waals surface area contributed by atoms with Crippen molar-refractivity contribution in [2.45, 2.75) is 26.3 Å². The molecule has 0 aliphatic carbocycles. The highest BCUT2D eigenvalue weighted by atomic mass is 35.5. The van der Waals surface area contributed by atoms with E-state index >= 15 is 0 Å². The maximum atomic E-state index is 14.7. The van der Waals surface area contributed by atoms with Crippen molar-refractivity contribution in [2.75, 3.05) is 29.9 Å². The molecule has 5 nitrogen and oxygen atoms in total. The van der Waals surface area contributed by atoms with Crippen molar-refractivity contribution in [3.63, 3.8) is 0 Å². The molecule has 4 rings (SSSR count). The maximum Gasteiger partial charge on any atom is 0.255 e. The highest BCUT2D eigenvalue weighted by molar-refractivity contribution is 6.04. The van der Waals surface area contributed by atoms with Crippen LogP contribution in [-0.2, 0) is 13.0 Å². The molecule has 1 aromatic carbocycles. The average molecular weight is 427 g/mol. The summed E-state index contributed by atoms with van der Waals surface area (Å²) in [5, 5.41) is 5.95. The fraction of sp³-hybridized carbons (Fsp3) is 0.400. The van der Waals surface area contributed by atoms with Gasteiger partial charge < -0.3 is 15.5 Å². The molecule has 2 N–H and O–H groups in total. The third-order valence-corrected chi connectivity index (χ3v) is 5.21. The van der Waals surface area contributed by atoms with Crippen LogP contribution in [0.3, 0.4) is 0 Å². The Morgan fingerprint density at radius 2 is 2.14 bits per heavy atom. The van der Waals surface area contributed by atoms with Crippen LogP contribution in [0.25, 0.3) is 0 Å². The minimum Gasteiger partial charge on any atom is -0.356 e. The number of rotatable bonds is 3. The molecule has 0 saturated carbocycles. The number of nitrogens with zero attached hydrogens (tertiary/aromatic N) is 2. The number of amides is 1. The number of fused-ring (bicyclic) bond motifs is 1. The predicted octanol–water partition coefficient (Wildman–Crippen LogP) is 3.81.